The fourth-order valence-corrected chi connectivity index (χ4v) is 2.08. The number of amides is 1. The number of aryl methyl sites for hydroxylation is 1. The molecule has 128 valence electrons. The lowest BCUT2D eigenvalue weighted by Crippen LogP contribution is -2.28. The molecule has 2 aromatic carbocycles. The largest absolute Gasteiger partial charge is 0.481 e. The minimum absolute atomic E-state index is 0.0251. The van der Waals surface area contributed by atoms with Gasteiger partial charge in [-0.15, -0.1) is 0 Å². The highest BCUT2D eigenvalue weighted by atomic mass is 19.1. The molecule has 1 aromatic heterocycles. The smallest absolute Gasteiger partial charge is 0.258 e. The lowest BCUT2D eigenvalue weighted by molar-refractivity contribution is -0.123. The summed E-state index contributed by atoms with van der Waals surface area (Å²) < 4.78 is 23.6. The molecule has 1 heterocycles. The van der Waals surface area contributed by atoms with E-state index in [9.17, 15) is 9.18 Å². The van der Waals surface area contributed by atoms with E-state index in [4.69, 9.17) is 9.26 Å². The summed E-state index contributed by atoms with van der Waals surface area (Å²) in [5.41, 5.74) is 1.96. The number of nitrogens with zero attached hydrogens (tertiary/aromatic N) is 2. The first-order valence-electron chi connectivity index (χ1n) is 7.65. The first-order valence-corrected chi connectivity index (χ1v) is 7.65. The van der Waals surface area contributed by atoms with Crippen LogP contribution in [0.5, 0.6) is 5.75 Å². The molecule has 0 saturated carbocycles. The maximum atomic E-state index is 13.4. The van der Waals surface area contributed by atoms with Gasteiger partial charge >= 0.3 is 0 Å². The van der Waals surface area contributed by atoms with E-state index in [1.165, 1.54) is 12.1 Å². The minimum atomic E-state index is -0.519. The van der Waals surface area contributed by atoms with Crippen molar-refractivity contribution < 1.29 is 18.4 Å². The van der Waals surface area contributed by atoms with Crippen LogP contribution in [0.4, 0.5) is 4.39 Å². The molecule has 6 nitrogen and oxygen atoms in total. The fraction of sp³-hybridized carbons (Fsp3) is 0.167. The molecule has 0 radical (unpaired) electrons. The maximum Gasteiger partial charge on any atom is 0.258 e. The van der Waals surface area contributed by atoms with Gasteiger partial charge in [-0.2, -0.15) is 4.98 Å². The Morgan fingerprint density at radius 1 is 1.20 bits per heavy atom. The van der Waals surface area contributed by atoms with Crippen molar-refractivity contribution >= 4 is 5.91 Å². The average Bonchev–Trinajstić information content (AvgIpc) is 3.09. The molecule has 0 bridgehead atoms. The Bertz CT molecular complexity index is 862. The van der Waals surface area contributed by atoms with Crippen LogP contribution in [0.3, 0.4) is 0 Å². The van der Waals surface area contributed by atoms with Crippen LogP contribution in [0.1, 0.15) is 11.5 Å². The average molecular weight is 341 g/mol. The summed E-state index contributed by atoms with van der Waals surface area (Å²) in [7, 11) is 0. The molecule has 1 amide bonds. The summed E-state index contributed by atoms with van der Waals surface area (Å²) in [4.78, 5) is 16.0. The summed E-state index contributed by atoms with van der Waals surface area (Å²) >= 11 is 0. The predicted octanol–water partition coefficient (Wildman–Crippen LogP) is 2.88. The van der Waals surface area contributed by atoms with Gasteiger partial charge in [-0.3, -0.25) is 4.79 Å². The van der Waals surface area contributed by atoms with E-state index in [2.05, 4.69) is 15.5 Å². The number of nitrogens with one attached hydrogen (secondary N) is 1. The van der Waals surface area contributed by atoms with Crippen molar-refractivity contribution in [3.8, 4) is 17.1 Å². The Morgan fingerprint density at radius 3 is 2.72 bits per heavy atom. The Hall–Kier alpha value is -3.22. The van der Waals surface area contributed by atoms with E-state index in [0.29, 0.717) is 5.82 Å². The highest BCUT2D eigenvalue weighted by Crippen LogP contribution is 2.16. The number of hydrogen-bond acceptors (Lipinski definition) is 5. The highest BCUT2D eigenvalue weighted by Gasteiger charge is 2.11. The standard InChI is InChI=1S/C18H16FN3O3/c1-12-6-8-13(9-7-12)18-21-17(25-22-18)10-20-16(23)11-24-15-5-3-2-4-14(15)19/h2-9H,10-11H2,1H3,(H,20,23). The van der Waals surface area contributed by atoms with Crippen LogP contribution >= 0.6 is 0 Å². The fourth-order valence-electron chi connectivity index (χ4n) is 2.08. The Labute approximate surface area is 143 Å². The van der Waals surface area contributed by atoms with Crippen molar-refractivity contribution in [2.45, 2.75) is 13.5 Å². The maximum absolute atomic E-state index is 13.4. The van der Waals surface area contributed by atoms with Gasteiger partial charge in [0.15, 0.2) is 18.2 Å². The second-order valence-corrected chi connectivity index (χ2v) is 5.37. The molecule has 7 heteroatoms. The number of carbonyl (C=O) groups is 1. The third-order valence-corrected chi connectivity index (χ3v) is 3.41. The molecular weight excluding hydrogens is 325 g/mol. The molecule has 0 aliphatic carbocycles. The number of para-hydroxylation sites is 1. The van der Waals surface area contributed by atoms with Crippen LogP contribution in [0.2, 0.25) is 0 Å². The number of ether oxygens (including phenoxy) is 1. The van der Waals surface area contributed by atoms with Crippen LogP contribution in [0, 0.1) is 12.7 Å². The molecule has 0 fully saturated rings. The zero-order chi connectivity index (χ0) is 17.6. The molecule has 25 heavy (non-hydrogen) atoms. The first kappa shape index (κ1) is 16.6. The topological polar surface area (TPSA) is 77.2 Å². The van der Waals surface area contributed by atoms with Crippen LogP contribution in [-0.4, -0.2) is 22.7 Å². The van der Waals surface area contributed by atoms with Crippen molar-refractivity contribution in [2.75, 3.05) is 6.61 Å². The lowest BCUT2D eigenvalue weighted by Gasteiger charge is -2.06. The van der Waals surface area contributed by atoms with Gasteiger partial charge in [0.05, 0.1) is 6.54 Å². The number of halogens is 1. The molecule has 3 aromatic rings. The number of carbonyl (C=O) groups excluding carboxylic acids is 1. The monoisotopic (exact) mass is 341 g/mol. The first-order chi connectivity index (χ1) is 12.1. The number of benzene rings is 2. The SMILES string of the molecule is Cc1ccc(-c2noc(CNC(=O)COc3ccccc3F)n2)cc1. The molecular formula is C18H16FN3O3. The van der Waals surface area contributed by atoms with Crippen LogP contribution < -0.4 is 10.1 Å². The molecule has 0 saturated heterocycles. The van der Waals surface area contributed by atoms with E-state index in [0.717, 1.165) is 11.1 Å². The number of rotatable bonds is 6. The second-order valence-electron chi connectivity index (χ2n) is 5.37. The summed E-state index contributed by atoms with van der Waals surface area (Å²) in [6, 6.07) is 13.6. The van der Waals surface area contributed by atoms with Crippen LogP contribution in [-0.2, 0) is 11.3 Å². The van der Waals surface area contributed by atoms with Crippen molar-refractivity contribution in [1.29, 1.82) is 0 Å². The van der Waals surface area contributed by atoms with Crippen molar-refractivity contribution in [3.63, 3.8) is 0 Å². The van der Waals surface area contributed by atoms with Gasteiger partial charge in [0, 0.05) is 5.56 Å². The third kappa shape index (κ3) is 4.41. The highest BCUT2D eigenvalue weighted by molar-refractivity contribution is 5.77. The van der Waals surface area contributed by atoms with Gasteiger partial charge in [0.2, 0.25) is 11.7 Å². The van der Waals surface area contributed by atoms with E-state index in [1.54, 1.807) is 12.1 Å². The summed E-state index contributed by atoms with van der Waals surface area (Å²) in [5, 5.41) is 6.46. The zero-order valence-electron chi connectivity index (χ0n) is 13.5. The zero-order valence-corrected chi connectivity index (χ0v) is 13.5. The molecule has 1 N–H and O–H groups in total. The van der Waals surface area contributed by atoms with Crippen LogP contribution in [0.25, 0.3) is 11.4 Å². The van der Waals surface area contributed by atoms with E-state index in [-0.39, 0.29) is 24.8 Å². The Balaban J connectivity index is 1.51. The van der Waals surface area contributed by atoms with E-state index < -0.39 is 11.7 Å². The number of hydrogen-bond donors (Lipinski definition) is 1. The minimum Gasteiger partial charge on any atom is -0.481 e. The lowest BCUT2D eigenvalue weighted by atomic mass is 10.1. The van der Waals surface area contributed by atoms with Crippen LogP contribution in [0.15, 0.2) is 53.1 Å². The Kier molecular flexibility index (Phi) is 5.03. The summed E-state index contributed by atoms with van der Waals surface area (Å²) in [6.45, 7) is 1.75. The summed E-state index contributed by atoms with van der Waals surface area (Å²) in [6.07, 6.45) is 0. The summed E-state index contributed by atoms with van der Waals surface area (Å²) in [5.74, 6) is -0.188. The van der Waals surface area contributed by atoms with Gasteiger partial charge in [-0.25, -0.2) is 4.39 Å². The normalized spacial score (nSPS) is 10.5. The second kappa shape index (κ2) is 7.57. The molecule has 0 aliphatic heterocycles. The molecule has 3 rings (SSSR count). The van der Waals surface area contributed by atoms with Gasteiger partial charge < -0.3 is 14.6 Å². The van der Waals surface area contributed by atoms with E-state index >= 15 is 0 Å². The third-order valence-electron chi connectivity index (χ3n) is 3.41. The van der Waals surface area contributed by atoms with E-state index in [1.807, 2.05) is 31.2 Å². The molecule has 0 spiro atoms. The van der Waals surface area contributed by atoms with Crippen molar-refractivity contribution in [3.05, 3.63) is 65.8 Å². The van der Waals surface area contributed by atoms with Crippen molar-refractivity contribution in [1.82, 2.24) is 15.5 Å². The van der Waals surface area contributed by atoms with Gasteiger partial charge in [-0.05, 0) is 19.1 Å². The number of aromatic nitrogens is 2. The predicted molar refractivity (Wildman–Crippen MR) is 88.2 cm³/mol. The van der Waals surface area contributed by atoms with Gasteiger partial charge in [-0.1, -0.05) is 47.1 Å². The molecule has 0 atom stereocenters. The van der Waals surface area contributed by atoms with Crippen molar-refractivity contribution in [2.24, 2.45) is 0 Å². The molecule has 0 unspecified atom stereocenters. The van der Waals surface area contributed by atoms with Gasteiger partial charge in [0.1, 0.15) is 0 Å². The quantitative estimate of drug-likeness (QED) is 0.746. The Morgan fingerprint density at radius 2 is 1.96 bits per heavy atom. The molecule has 0 aliphatic rings. The van der Waals surface area contributed by atoms with Gasteiger partial charge in [0.25, 0.3) is 5.91 Å².